The van der Waals surface area contributed by atoms with E-state index in [1.807, 2.05) is 0 Å². The molecule has 2 rings (SSSR count). The first-order valence-corrected chi connectivity index (χ1v) is 14.3. The van der Waals surface area contributed by atoms with Crippen molar-refractivity contribution in [3.63, 3.8) is 0 Å². The minimum absolute atomic E-state index is 0.0649. The Balaban J connectivity index is 0.000000360. The molecule has 0 unspecified atom stereocenters. The first-order chi connectivity index (χ1) is 16.5. The number of esters is 2. The smallest absolute Gasteiger partial charge is 0.327 e. The number of halogens is 2. The van der Waals surface area contributed by atoms with Crippen molar-refractivity contribution >= 4 is 54.8 Å². The number of aromatic nitrogens is 2. The third-order valence-electron chi connectivity index (χ3n) is 4.90. The fraction of sp³-hybridized carbons (Fsp3) is 0.455. The van der Waals surface area contributed by atoms with Crippen molar-refractivity contribution in [2.45, 2.75) is 60.8 Å². The first kappa shape index (κ1) is 31.7. The molecule has 0 bridgehead atoms. The summed E-state index contributed by atoms with van der Waals surface area (Å²) in [6.07, 6.45) is 2.25. The average Bonchev–Trinajstić information content (AvgIpc) is 2.80. The molecule has 2 aromatic rings. The maximum Gasteiger partial charge on any atom is 0.327 e. The molecule has 14 heteroatoms. The predicted molar refractivity (Wildman–Crippen MR) is 134 cm³/mol. The topological polar surface area (TPSA) is 147 Å². The van der Waals surface area contributed by atoms with Gasteiger partial charge in [-0.2, -0.15) is 0 Å². The van der Waals surface area contributed by atoms with Crippen molar-refractivity contribution in [3.8, 4) is 0 Å². The van der Waals surface area contributed by atoms with Gasteiger partial charge < -0.3 is 9.47 Å². The Hall–Kier alpha value is -2.28. The summed E-state index contributed by atoms with van der Waals surface area (Å²) >= 11 is 11.2. The van der Waals surface area contributed by atoms with Gasteiger partial charge in [0.15, 0.2) is 29.2 Å². The van der Waals surface area contributed by atoms with E-state index in [2.05, 4.69) is 9.97 Å². The van der Waals surface area contributed by atoms with Gasteiger partial charge in [-0.05, 0) is 65.8 Å². The molecule has 0 aliphatic carbocycles. The predicted octanol–water partition coefficient (Wildman–Crippen LogP) is 3.70. The Morgan fingerprint density at radius 2 is 1.03 bits per heavy atom. The summed E-state index contributed by atoms with van der Waals surface area (Å²) in [4.78, 5) is 30.7. The lowest BCUT2D eigenvalue weighted by molar-refractivity contribution is -0.146. The highest BCUT2D eigenvalue weighted by Gasteiger charge is 2.45. The summed E-state index contributed by atoms with van der Waals surface area (Å²) in [7, 11) is -7.74. The Bertz CT molecular complexity index is 1170. The normalized spacial score (nSPS) is 12.2. The van der Waals surface area contributed by atoms with Gasteiger partial charge in [0.05, 0.1) is 23.0 Å². The Morgan fingerprint density at radius 1 is 0.722 bits per heavy atom. The summed E-state index contributed by atoms with van der Waals surface area (Å²) in [5, 5.41) is 0.366. The van der Waals surface area contributed by atoms with E-state index >= 15 is 0 Å². The molecular weight excluding hydrogens is 555 g/mol. The molecule has 0 aliphatic rings. The van der Waals surface area contributed by atoms with Crippen LogP contribution >= 0.6 is 23.2 Å². The van der Waals surface area contributed by atoms with Crippen LogP contribution in [0.1, 0.15) is 41.5 Å². The SMILES string of the molecule is CCOC(=O)C(C)(C)S(=O)(=O)c1ccc(Cl)nc1.CCOC(=O)C(C)(C)S(=O)(=O)c1ccc(Cl)nc1. The number of nitrogens with zero attached hydrogens (tertiary/aromatic N) is 2. The molecular formula is C22H28Cl2N2O8S2. The lowest BCUT2D eigenvalue weighted by Gasteiger charge is -2.22. The second-order valence-electron chi connectivity index (χ2n) is 8.10. The van der Waals surface area contributed by atoms with Crippen molar-refractivity contribution in [3.05, 3.63) is 47.0 Å². The van der Waals surface area contributed by atoms with E-state index in [-0.39, 0.29) is 33.3 Å². The van der Waals surface area contributed by atoms with Crippen LogP contribution in [0.15, 0.2) is 46.5 Å². The van der Waals surface area contributed by atoms with Gasteiger partial charge in [0.2, 0.25) is 0 Å². The molecule has 0 saturated heterocycles. The van der Waals surface area contributed by atoms with Crippen LogP contribution in [0.4, 0.5) is 0 Å². The number of sulfone groups is 2. The fourth-order valence-electron chi connectivity index (χ4n) is 2.46. The number of carbonyl (C=O) groups excluding carboxylic acids is 2. The fourth-order valence-corrected chi connectivity index (χ4v) is 5.30. The lowest BCUT2D eigenvalue weighted by Crippen LogP contribution is -2.42. The van der Waals surface area contributed by atoms with E-state index in [1.165, 1.54) is 52.0 Å². The van der Waals surface area contributed by atoms with Crippen molar-refractivity contribution in [1.29, 1.82) is 0 Å². The van der Waals surface area contributed by atoms with E-state index < -0.39 is 41.1 Å². The minimum atomic E-state index is -3.87. The molecule has 0 radical (unpaired) electrons. The van der Waals surface area contributed by atoms with Gasteiger partial charge in [0.25, 0.3) is 0 Å². The zero-order valence-electron chi connectivity index (χ0n) is 20.6. The molecule has 2 heterocycles. The summed E-state index contributed by atoms with van der Waals surface area (Å²) in [5.74, 6) is -1.58. The minimum Gasteiger partial charge on any atom is -0.465 e. The van der Waals surface area contributed by atoms with Crippen LogP contribution < -0.4 is 0 Å². The summed E-state index contributed by atoms with van der Waals surface area (Å²) in [6.45, 7) is 8.68. The molecule has 0 N–H and O–H groups in total. The Kier molecular flexibility index (Phi) is 10.9. The van der Waals surface area contributed by atoms with Crippen LogP contribution in [0, 0.1) is 0 Å². The van der Waals surface area contributed by atoms with Gasteiger partial charge in [-0.3, -0.25) is 9.59 Å². The molecule has 0 saturated carbocycles. The number of ether oxygens (including phenoxy) is 2. The van der Waals surface area contributed by atoms with Crippen molar-refractivity contribution in [2.24, 2.45) is 0 Å². The molecule has 0 atom stereocenters. The van der Waals surface area contributed by atoms with Gasteiger partial charge in [0, 0.05) is 12.4 Å². The van der Waals surface area contributed by atoms with Gasteiger partial charge in [-0.15, -0.1) is 0 Å². The average molecular weight is 584 g/mol. The molecule has 200 valence electrons. The summed E-state index contributed by atoms with van der Waals surface area (Å²) in [6, 6.07) is 5.34. The third-order valence-corrected chi connectivity index (χ3v) is 10.1. The van der Waals surface area contributed by atoms with E-state index in [0.717, 1.165) is 12.4 Å². The van der Waals surface area contributed by atoms with E-state index in [1.54, 1.807) is 13.8 Å². The maximum absolute atomic E-state index is 12.3. The molecule has 0 aromatic carbocycles. The molecule has 2 aromatic heterocycles. The largest absolute Gasteiger partial charge is 0.465 e. The van der Waals surface area contributed by atoms with E-state index in [9.17, 15) is 26.4 Å². The number of pyridine rings is 2. The van der Waals surface area contributed by atoms with Crippen LogP contribution in [-0.2, 0) is 38.7 Å². The molecule has 0 spiro atoms. The summed E-state index contributed by atoms with van der Waals surface area (Å²) in [5.41, 5.74) is 0. The third kappa shape index (κ3) is 6.93. The quantitative estimate of drug-likeness (QED) is 0.333. The van der Waals surface area contributed by atoms with Gasteiger partial charge >= 0.3 is 11.9 Å². The highest BCUT2D eigenvalue weighted by molar-refractivity contribution is 7.93. The number of rotatable bonds is 8. The van der Waals surface area contributed by atoms with Crippen LogP contribution in [0.3, 0.4) is 0 Å². The number of carbonyl (C=O) groups is 2. The Labute approximate surface area is 221 Å². The van der Waals surface area contributed by atoms with Gasteiger partial charge in [0.1, 0.15) is 10.3 Å². The van der Waals surface area contributed by atoms with E-state index in [0.29, 0.717) is 0 Å². The summed E-state index contributed by atoms with van der Waals surface area (Å²) < 4.78 is 55.4. The second kappa shape index (κ2) is 12.3. The zero-order chi connectivity index (χ0) is 27.9. The van der Waals surface area contributed by atoms with Crippen molar-refractivity contribution in [1.82, 2.24) is 9.97 Å². The van der Waals surface area contributed by atoms with Crippen LogP contribution in [0.25, 0.3) is 0 Å². The lowest BCUT2D eigenvalue weighted by atomic mass is 10.2. The number of hydrogen-bond acceptors (Lipinski definition) is 10. The molecule has 10 nitrogen and oxygen atoms in total. The van der Waals surface area contributed by atoms with Gasteiger partial charge in [-0.1, -0.05) is 23.2 Å². The second-order valence-corrected chi connectivity index (χ2v) is 13.9. The van der Waals surface area contributed by atoms with Crippen LogP contribution in [0.2, 0.25) is 10.3 Å². The maximum atomic E-state index is 12.3. The van der Waals surface area contributed by atoms with E-state index in [4.69, 9.17) is 32.7 Å². The molecule has 0 fully saturated rings. The molecule has 0 amide bonds. The highest BCUT2D eigenvalue weighted by atomic mass is 35.5. The van der Waals surface area contributed by atoms with Crippen molar-refractivity contribution < 1.29 is 35.9 Å². The molecule has 36 heavy (non-hydrogen) atoms. The molecule has 0 aliphatic heterocycles. The standard InChI is InChI=1S/2C11H14ClNO4S/c2*1-4-17-10(14)11(2,3)18(15,16)8-5-6-9(12)13-7-8/h2*5-7H,4H2,1-3H3. The highest BCUT2D eigenvalue weighted by Crippen LogP contribution is 2.28. The Morgan fingerprint density at radius 3 is 1.25 bits per heavy atom. The first-order valence-electron chi connectivity index (χ1n) is 10.5. The van der Waals surface area contributed by atoms with Crippen molar-refractivity contribution in [2.75, 3.05) is 13.2 Å². The zero-order valence-corrected chi connectivity index (χ0v) is 23.8. The van der Waals surface area contributed by atoms with Crippen LogP contribution in [0.5, 0.6) is 0 Å². The van der Waals surface area contributed by atoms with Crippen LogP contribution in [-0.4, -0.2) is 61.4 Å². The van der Waals surface area contributed by atoms with Gasteiger partial charge in [-0.25, -0.2) is 26.8 Å². The monoisotopic (exact) mass is 582 g/mol. The number of hydrogen-bond donors (Lipinski definition) is 0.